The number of amides is 2. The highest BCUT2D eigenvalue weighted by atomic mass is 35.5. The Balaban J connectivity index is 1.40. The molecule has 0 radical (unpaired) electrons. The molecule has 1 aromatic heterocycles. The number of nitrogens with one attached hydrogen (secondary N) is 1. The molecule has 0 unspecified atom stereocenters. The summed E-state index contributed by atoms with van der Waals surface area (Å²) < 4.78 is 7.32. The Morgan fingerprint density at radius 3 is 2.90 bits per heavy atom. The molecule has 0 aliphatic carbocycles. The number of imidazole rings is 1. The van der Waals surface area contributed by atoms with Gasteiger partial charge in [-0.1, -0.05) is 29.8 Å². The number of rotatable bonds is 4. The third-order valence-corrected chi connectivity index (χ3v) is 5.76. The molecule has 1 saturated heterocycles. The average Bonchev–Trinajstić information content (AvgIpc) is 3.18. The van der Waals surface area contributed by atoms with E-state index in [9.17, 15) is 9.59 Å². The molecule has 2 amide bonds. The minimum Gasteiger partial charge on any atom is -0.378 e. The van der Waals surface area contributed by atoms with Gasteiger partial charge in [0.2, 0.25) is 5.91 Å². The largest absolute Gasteiger partial charge is 0.378 e. The standard InChI is InChI=1S/C21H24ClN5O3/c1-25-10-11-30-14-15(25)6-7-20(28)26-8-9-27-18(12-23-19(27)13-26)21(29)24-17-5-3-2-4-16(17)22/h2-7,12,15H,8-11,13-14H2,1H3,(H,24,29)/b7-6+/t15-/m0/s1. The van der Waals surface area contributed by atoms with E-state index >= 15 is 0 Å². The molecule has 3 heterocycles. The monoisotopic (exact) mass is 429 g/mol. The van der Waals surface area contributed by atoms with E-state index in [1.54, 1.807) is 35.4 Å². The molecule has 1 atom stereocenters. The number of likely N-dealkylation sites (N-methyl/N-ethyl adjacent to an activating group) is 1. The summed E-state index contributed by atoms with van der Waals surface area (Å²) >= 11 is 6.12. The summed E-state index contributed by atoms with van der Waals surface area (Å²) in [5, 5.41) is 3.29. The molecule has 2 aromatic rings. The van der Waals surface area contributed by atoms with Crippen LogP contribution >= 0.6 is 11.6 Å². The van der Waals surface area contributed by atoms with Crippen LogP contribution < -0.4 is 5.32 Å². The second-order valence-corrected chi connectivity index (χ2v) is 7.79. The lowest BCUT2D eigenvalue weighted by Gasteiger charge is -2.30. The van der Waals surface area contributed by atoms with Crippen LogP contribution in [0.4, 0.5) is 5.69 Å². The molecule has 30 heavy (non-hydrogen) atoms. The summed E-state index contributed by atoms with van der Waals surface area (Å²) in [5.41, 5.74) is 1.00. The minimum atomic E-state index is -0.276. The van der Waals surface area contributed by atoms with E-state index in [1.807, 2.05) is 23.8 Å². The predicted octanol–water partition coefficient (Wildman–Crippen LogP) is 2.02. The maximum atomic E-state index is 12.7. The first-order valence-electron chi connectivity index (χ1n) is 9.88. The van der Waals surface area contributed by atoms with Crippen molar-refractivity contribution in [3.63, 3.8) is 0 Å². The SMILES string of the molecule is CN1CCOC[C@@H]1/C=C/C(=O)N1CCn2c(C(=O)Nc3ccccc3Cl)cnc2C1. The number of ether oxygens (including phenoxy) is 1. The molecule has 2 aliphatic heterocycles. The van der Waals surface area contributed by atoms with Crippen molar-refractivity contribution in [1.29, 1.82) is 0 Å². The number of benzene rings is 1. The van der Waals surface area contributed by atoms with Crippen LogP contribution in [-0.2, 0) is 22.6 Å². The van der Waals surface area contributed by atoms with E-state index in [0.717, 1.165) is 13.2 Å². The first-order valence-corrected chi connectivity index (χ1v) is 10.3. The lowest BCUT2D eigenvalue weighted by Crippen LogP contribution is -2.42. The maximum Gasteiger partial charge on any atom is 0.273 e. The van der Waals surface area contributed by atoms with E-state index in [-0.39, 0.29) is 17.9 Å². The first-order chi connectivity index (χ1) is 14.5. The number of halogens is 1. The fraction of sp³-hybridized carbons (Fsp3) is 0.381. The smallest absolute Gasteiger partial charge is 0.273 e. The molecule has 0 spiro atoms. The average molecular weight is 430 g/mol. The van der Waals surface area contributed by atoms with Crippen LogP contribution in [0, 0.1) is 0 Å². The van der Waals surface area contributed by atoms with Gasteiger partial charge in [0, 0.05) is 25.7 Å². The van der Waals surface area contributed by atoms with Crippen molar-refractivity contribution in [1.82, 2.24) is 19.4 Å². The van der Waals surface area contributed by atoms with Crippen LogP contribution in [0.2, 0.25) is 5.02 Å². The molecule has 1 fully saturated rings. The predicted molar refractivity (Wildman–Crippen MR) is 113 cm³/mol. The fourth-order valence-electron chi connectivity index (χ4n) is 3.59. The van der Waals surface area contributed by atoms with Gasteiger partial charge in [-0.15, -0.1) is 0 Å². The zero-order valence-electron chi connectivity index (χ0n) is 16.8. The van der Waals surface area contributed by atoms with E-state index in [4.69, 9.17) is 16.3 Å². The van der Waals surface area contributed by atoms with Crippen LogP contribution in [0.25, 0.3) is 0 Å². The third kappa shape index (κ3) is 4.40. The van der Waals surface area contributed by atoms with Gasteiger partial charge in [0.15, 0.2) is 0 Å². The molecule has 9 heteroatoms. The number of hydrogen-bond acceptors (Lipinski definition) is 5. The van der Waals surface area contributed by atoms with E-state index in [0.29, 0.717) is 48.5 Å². The van der Waals surface area contributed by atoms with Crippen molar-refractivity contribution in [2.24, 2.45) is 0 Å². The number of nitrogens with zero attached hydrogens (tertiary/aromatic N) is 4. The number of para-hydroxylation sites is 1. The number of fused-ring (bicyclic) bond motifs is 1. The third-order valence-electron chi connectivity index (χ3n) is 5.43. The molecule has 8 nitrogen and oxygen atoms in total. The van der Waals surface area contributed by atoms with Crippen molar-refractivity contribution >= 4 is 29.1 Å². The minimum absolute atomic E-state index is 0.0645. The molecule has 4 rings (SSSR count). The highest BCUT2D eigenvalue weighted by Gasteiger charge is 2.25. The van der Waals surface area contributed by atoms with Gasteiger partial charge in [-0.05, 0) is 19.2 Å². The van der Waals surface area contributed by atoms with Gasteiger partial charge in [-0.25, -0.2) is 4.98 Å². The molecule has 158 valence electrons. The summed E-state index contributed by atoms with van der Waals surface area (Å²) in [5.74, 6) is 0.345. The summed E-state index contributed by atoms with van der Waals surface area (Å²) in [6.07, 6.45) is 5.05. The van der Waals surface area contributed by atoms with Crippen molar-refractivity contribution in [2.45, 2.75) is 19.1 Å². The Labute approximate surface area is 180 Å². The summed E-state index contributed by atoms with van der Waals surface area (Å²) in [6.45, 7) is 3.54. The summed E-state index contributed by atoms with van der Waals surface area (Å²) in [6, 6.07) is 7.18. The summed E-state index contributed by atoms with van der Waals surface area (Å²) in [4.78, 5) is 33.6. The van der Waals surface area contributed by atoms with Crippen molar-refractivity contribution in [2.75, 3.05) is 38.7 Å². The van der Waals surface area contributed by atoms with Gasteiger partial charge >= 0.3 is 0 Å². The van der Waals surface area contributed by atoms with E-state index < -0.39 is 0 Å². The Morgan fingerprint density at radius 2 is 2.10 bits per heavy atom. The number of carbonyl (C=O) groups excluding carboxylic acids is 2. The van der Waals surface area contributed by atoms with Crippen LogP contribution in [-0.4, -0.2) is 70.6 Å². The lowest BCUT2D eigenvalue weighted by molar-refractivity contribution is -0.127. The number of anilines is 1. The molecule has 1 aromatic carbocycles. The Bertz CT molecular complexity index is 973. The van der Waals surface area contributed by atoms with Crippen molar-refractivity contribution in [3.8, 4) is 0 Å². The second-order valence-electron chi connectivity index (χ2n) is 7.39. The first kappa shape index (κ1) is 20.6. The quantitative estimate of drug-likeness (QED) is 0.752. The molecule has 1 N–H and O–H groups in total. The number of morpholine rings is 1. The summed E-state index contributed by atoms with van der Waals surface area (Å²) in [7, 11) is 2.02. The Hall–Kier alpha value is -2.68. The van der Waals surface area contributed by atoms with Crippen molar-refractivity contribution in [3.05, 3.63) is 59.2 Å². The van der Waals surface area contributed by atoms with Gasteiger partial charge in [0.25, 0.3) is 5.91 Å². The van der Waals surface area contributed by atoms with Gasteiger partial charge in [0.1, 0.15) is 11.5 Å². The van der Waals surface area contributed by atoms with Crippen LogP contribution in [0.5, 0.6) is 0 Å². The highest BCUT2D eigenvalue weighted by molar-refractivity contribution is 6.33. The zero-order chi connectivity index (χ0) is 21.1. The van der Waals surface area contributed by atoms with Crippen LogP contribution in [0.3, 0.4) is 0 Å². The van der Waals surface area contributed by atoms with E-state index in [1.165, 1.54) is 0 Å². The van der Waals surface area contributed by atoms with Gasteiger partial charge in [-0.2, -0.15) is 0 Å². The Kier molecular flexibility index (Phi) is 6.17. The normalized spacial score (nSPS) is 19.7. The Morgan fingerprint density at radius 1 is 1.27 bits per heavy atom. The number of carbonyl (C=O) groups is 2. The topological polar surface area (TPSA) is 79.7 Å². The van der Waals surface area contributed by atoms with Crippen molar-refractivity contribution < 1.29 is 14.3 Å². The zero-order valence-corrected chi connectivity index (χ0v) is 17.5. The van der Waals surface area contributed by atoms with Crippen LogP contribution in [0.1, 0.15) is 16.3 Å². The van der Waals surface area contributed by atoms with Gasteiger partial charge in [0.05, 0.1) is 42.7 Å². The molecule has 2 aliphatic rings. The molecule has 0 saturated carbocycles. The fourth-order valence-corrected chi connectivity index (χ4v) is 3.77. The number of hydrogen-bond donors (Lipinski definition) is 1. The number of aromatic nitrogens is 2. The second kappa shape index (κ2) is 8.99. The van der Waals surface area contributed by atoms with Gasteiger partial charge in [-0.3, -0.25) is 14.5 Å². The molecule has 0 bridgehead atoms. The maximum absolute atomic E-state index is 12.7. The lowest BCUT2D eigenvalue weighted by atomic mass is 10.2. The molecular formula is C21H24ClN5O3. The van der Waals surface area contributed by atoms with Gasteiger partial charge < -0.3 is 19.5 Å². The molecular weight excluding hydrogens is 406 g/mol. The highest BCUT2D eigenvalue weighted by Crippen LogP contribution is 2.22. The van der Waals surface area contributed by atoms with Crippen LogP contribution in [0.15, 0.2) is 42.6 Å². The van der Waals surface area contributed by atoms with E-state index in [2.05, 4.69) is 15.2 Å².